The molecule has 0 aliphatic heterocycles. The van der Waals surface area contributed by atoms with Crippen molar-refractivity contribution in [3.63, 3.8) is 0 Å². The minimum atomic E-state index is -1.08. The summed E-state index contributed by atoms with van der Waals surface area (Å²) in [5.41, 5.74) is 1.43. The van der Waals surface area contributed by atoms with Gasteiger partial charge in [0.2, 0.25) is 0 Å². The Labute approximate surface area is 226 Å². The second-order valence-electron chi connectivity index (χ2n) is 9.01. The molecule has 0 spiro atoms. The number of carbonyl (C=O) groups is 3. The van der Waals surface area contributed by atoms with Gasteiger partial charge in [0.15, 0.2) is 5.76 Å². The van der Waals surface area contributed by atoms with Gasteiger partial charge >= 0.3 is 5.97 Å². The van der Waals surface area contributed by atoms with Gasteiger partial charge in [0.25, 0.3) is 5.91 Å². The lowest BCUT2D eigenvalue weighted by Crippen LogP contribution is -2.37. The minimum Gasteiger partial charge on any atom is -0.478 e. The number of benzene rings is 2. The number of nitrogens with zero attached hydrogens (tertiary/aromatic N) is 2. The molecule has 0 saturated heterocycles. The van der Waals surface area contributed by atoms with Crippen molar-refractivity contribution >= 4 is 69.9 Å². The standard InChI is InChI=1S/C27H19Cl3N2O5/c1-14-12-32(19-5-2-4-15(21(14)19)6-7-20(34)35)26(36)23-24(22-17(29)10-16(28)11-18(22)30)31-37-25(23)27(13-33)8-3-9-27/h2,4-7,10-13H,3,8-9H2,1H3,(H,34,35)/b7-6+. The highest BCUT2D eigenvalue weighted by molar-refractivity contribution is 6.42. The molecule has 2 aromatic carbocycles. The summed E-state index contributed by atoms with van der Waals surface area (Å²) in [4.78, 5) is 37.5. The van der Waals surface area contributed by atoms with Crippen LogP contribution in [0.25, 0.3) is 28.2 Å². The van der Waals surface area contributed by atoms with Crippen LogP contribution in [0.4, 0.5) is 0 Å². The van der Waals surface area contributed by atoms with Gasteiger partial charge in [-0.15, -0.1) is 0 Å². The Kier molecular flexibility index (Phi) is 6.48. The van der Waals surface area contributed by atoms with Crippen molar-refractivity contribution < 1.29 is 24.0 Å². The molecule has 2 aromatic heterocycles. The number of halogens is 3. The van der Waals surface area contributed by atoms with E-state index in [2.05, 4.69) is 5.16 Å². The molecule has 10 heteroatoms. The molecule has 4 aromatic rings. The Morgan fingerprint density at radius 3 is 2.46 bits per heavy atom. The highest BCUT2D eigenvalue weighted by atomic mass is 35.5. The SMILES string of the molecule is Cc1cn(C(=O)c2c(-c3c(Cl)cc(Cl)cc3Cl)noc2C2(C=O)CCC2)c2cccc(/C=C/C(=O)O)c12. The van der Waals surface area contributed by atoms with Crippen LogP contribution in [-0.2, 0) is 15.0 Å². The zero-order valence-corrected chi connectivity index (χ0v) is 21.7. The number of hydrogen-bond donors (Lipinski definition) is 1. The van der Waals surface area contributed by atoms with E-state index < -0.39 is 17.3 Å². The maximum Gasteiger partial charge on any atom is 0.328 e. The molecule has 0 bridgehead atoms. The quantitative estimate of drug-likeness (QED) is 0.203. The molecule has 0 atom stereocenters. The van der Waals surface area contributed by atoms with Crippen LogP contribution in [0, 0.1) is 6.92 Å². The van der Waals surface area contributed by atoms with Gasteiger partial charge < -0.3 is 14.4 Å². The van der Waals surface area contributed by atoms with Gasteiger partial charge in [-0.1, -0.05) is 58.5 Å². The Balaban J connectivity index is 1.76. The van der Waals surface area contributed by atoms with Crippen LogP contribution in [0.15, 0.2) is 47.1 Å². The van der Waals surface area contributed by atoms with Crippen molar-refractivity contribution in [3.05, 3.63) is 80.1 Å². The van der Waals surface area contributed by atoms with Gasteiger partial charge in [0, 0.05) is 28.2 Å². The number of hydrogen-bond acceptors (Lipinski definition) is 5. The third-order valence-electron chi connectivity index (χ3n) is 6.75. The highest BCUT2D eigenvalue weighted by Crippen LogP contribution is 2.47. The van der Waals surface area contributed by atoms with E-state index in [0.29, 0.717) is 34.3 Å². The van der Waals surface area contributed by atoms with Crippen LogP contribution >= 0.6 is 34.8 Å². The van der Waals surface area contributed by atoms with E-state index in [4.69, 9.17) is 44.4 Å². The minimum absolute atomic E-state index is 0.0845. The molecule has 1 aliphatic rings. The van der Waals surface area contributed by atoms with Crippen molar-refractivity contribution in [2.45, 2.75) is 31.6 Å². The molecule has 188 valence electrons. The van der Waals surface area contributed by atoms with Crippen LogP contribution in [0.5, 0.6) is 0 Å². The van der Waals surface area contributed by atoms with Gasteiger partial charge in [-0.05, 0) is 55.2 Å². The van der Waals surface area contributed by atoms with Crippen molar-refractivity contribution in [2.75, 3.05) is 0 Å². The zero-order valence-electron chi connectivity index (χ0n) is 19.4. The molecule has 0 unspecified atom stereocenters. The fraction of sp³-hybridized carbons (Fsp3) is 0.185. The van der Waals surface area contributed by atoms with E-state index in [9.17, 15) is 14.4 Å². The lowest BCUT2D eigenvalue weighted by molar-refractivity contribution is -0.131. The van der Waals surface area contributed by atoms with Crippen molar-refractivity contribution in [2.24, 2.45) is 0 Å². The first-order valence-corrected chi connectivity index (χ1v) is 12.5. The van der Waals surface area contributed by atoms with E-state index in [1.54, 1.807) is 24.4 Å². The molecule has 1 saturated carbocycles. The maximum atomic E-state index is 14.2. The molecule has 1 fully saturated rings. The number of carboxylic acid groups (broad SMARTS) is 1. The predicted octanol–water partition coefficient (Wildman–Crippen LogP) is 6.97. The van der Waals surface area contributed by atoms with Crippen molar-refractivity contribution in [1.29, 1.82) is 0 Å². The number of aliphatic carboxylic acids is 1. The smallest absolute Gasteiger partial charge is 0.328 e. The third-order valence-corrected chi connectivity index (χ3v) is 7.56. The Morgan fingerprint density at radius 1 is 1.16 bits per heavy atom. The normalized spacial score (nSPS) is 14.7. The predicted molar refractivity (Wildman–Crippen MR) is 142 cm³/mol. The van der Waals surface area contributed by atoms with Crippen LogP contribution in [0.1, 0.15) is 46.5 Å². The summed E-state index contributed by atoms with van der Waals surface area (Å²) in [6, 6.07) is 8.23. The maximum absolute atomic E-state index is 14.2. The molecule has 0 radical (unpaired) electrons. The number of fused-ring (bicyclic) bond motifs is 1. The van der Waals surface area contributed by atoms with Gasteiger partial charge in [0.1, 0.15) is 17.5 Å². The van der Waals surface area contributed by atoms with Gasteiger partial charge in [-0.2, -0.15) is 0 Å². The van der Waals surface area contributed by atoms with E-state index in [1.165, 1.54) is 22.8 Å². The van der Waals surface area contributed by atoms with Crippen molar-refractivity contribution in [3.8, 4) is 11.3 Å². The lowest BCUT2D eigenvalue weighted by atomic mass is 9.67. The summed E-state index contributed by atoms with van der Waals surface area (Å²) in [5.74, 6) is -1.41. The molecule has 7 nitrogen and oxygen atoms in total. The summed E-state index contributed by atoms with van der Waals surface area (Å²) < 4.78 is 7.14. The van der Waals surface area contributed by atoms with Crippen molar-refractivity contribution in [1.82, 2.24) is 9.72 Å². The van der Waals surface area contributed by atoms with E-state index >= 15 is 0 Å². The van der Waals surface area contributed by atoms with Crippen LogP contribution in [0.2, 0.25) is 15.1 Å². The lowest BCUT2D eigenvalue weighted by Gasteiger charge is -2.34. The topological polar surface area (TPSA) is 102 Å². The number of aromatic nitrogens is 2. The number of carboxylic acids is 1. The number of aldehydes is 1. The molecule has 0 amide bonds. The molecule has 2 heterocycles. The highest BCUT2D eigenvalue weighted by Gasteiger charge is 2.47. The summed E-state index contributed by atoms with van der Waals surface area (Å²) >= 11 is 19.1. The average Bonchev–Trinajstić information content (AvgIpc) is 3.39. The number of aryl methyl sites for hydroxylation is 1. The third kappa shape index (κ3) is 4.17. The monoisotopic (exact) mass is 556 g/mol. The van der Waals surface area contributed by atoms with Gasteiger partial charge in [-0.3, -0.25) is 9.36 Å². The molecule has 5 rings (SSSR count). The summed E-state index contributed by atoms with van der Waals surface area (Å²) in [6.45, 7) is 1.82. The Hall–Kier alpha value is -3.39. The van der Waals surface area contributed by atoms with Crippen LogP contribution in [-0.4, -0.2) is 33.0 Å². The molecule has 1 aliphatic carbocycles. The Morgan fingerprint density at radius 2 is 1.86 bits per heavy atom. The summed E-state index contributed by atoms with van der Waals surface area (Å²) in [7, 11) is 0. The van der Waals surface area contributed by atoms with E-state index in [0.717, 1.165) is 24.3 Å². The average molecular weight is 558 g/mol. The van der Waals surface area contributed by atoms with Crippen LogP contribution in [0.3, 0.4) is 0 Å². The van der Waals surface area contributed by atoms with Gasteiger partial charge in [-0.25, -0.2) is 4.79 Å². The number of carbonyl (C=O) groups excluding carboxylic acids is 2. The molecule has 37 heavy (non-hydrogen) atoms. The number of rotatable bonds is 6. The molecular weight excluding hydrogens is 539 g/mol. The summed E-state index contributed by atoms with van der Waals surface area (Å²) in [6.07, 6.45) is 6.81. The first-order valence-electron chi connectivity index (χ1n) is 11.3. The van der Waals surface area contributed by atoms with Crippen LogP contribution < -0.4 is 0 Å². The Bertz CT molecular complexity index is 1610. The molecule has 1 N–H and O–H groups in total. The largest absolute Gasteiger partial charge is 0.478 e. The van der Waals surface area contributed by atoms with E-state index in [-0.39, 0.29) is 32.6 Å². The fourth-order valence-electron chi connectivity index (χ4n) is 4.83. The second kappa shape index (κ2) is 9.49. The fourth-order valence-corrected chi connectivity index (χ4v) is 5.82. The first-order chi connectivity index (χ1) is 17.7. The van der Waals surface area contributed by atoms with E-state index in [1.807, 2.05) is 6.92 Å². The summed E-state index contributed by atoms with van der Waals surface area (Å²) in [5, 5.41) is 14.6. The zero-order chi connectivity index (χ0) is 26.5. The first kappa shape index (κ1) is 25.3. The molecular formula is C27H19Cl3N2O5. The second-order valence-corrected chi connectivity index (χ2v) is 10.3. The van der Waals surface area contributed by atoms with Gasteiger partial charge in [0.05, 0.1) is 21.0 Å².